The number of hydrogen-bond acceptors (Lipinski definition) is 5. The summed E-state index contributed by atoms with van der Waals surface area (Å²) < 4.78 is 12.8. The molecule has 0 radical (unpaired) electrons. The van der Waals surface area contributed by atoms with E-state index >= 15 is 0 Å². The zero-order valence-corrected chi connectivity index (χ0v) is 11.7. The molecular weight excluding hydrogens is 281 g/mol. The summed E-state index contributed by atoms with van der Waals surface area (Å²) in [6, 6.07) is 16.0. The maximum Gasteiger partial charge on any atom is 0.244 e. The number of para-hydroxylation sites is 1. The molecule has 1 heterocycles. The minimum atomic E-state index is -0.254. The van der Waals surface area contributed by atoms with Gasteiger partial charge in [-0.3, -0.25) is 0 Å². The first-order valence-corrected chi connectivity index (χ1v) is 6.80. The van der Waals surface area contributed by atoms with Crippen LogP contribution in [0.25, 0.3) is 0 Å². The van der Waals surface area contributed by atoms with Gasteiger partial charge in [-0.05, 0) is 29.8 Å². The van der Waals surface area contributed by atoms with E-state index in [4.69, 9.17) is 0 Å². The van der Waals surface area contributed by atoms with Crippen molar-refractivity contribution in [2.24, 2.45) is 0 Å². The molecule has 5 nitrogen and oxygen atoms in total. The van der Waals surface area contributed by atoms with Gasteiger partial charge in [0.25, 0.3) is 0 Å². The Balaban J connectivity index is 1.65. The molecular formula is C16H14FN5. The topological polar surface area (TPSA) is 62.7 Å². The second-order valence-corrected chi connectivity index (χ2v) is 4.64. The Labute approximate surface area is 127 Å². The van der Waals surface area contributed by atoms with Gasteiger partial charge in [-0.25, -0.2) is 4.39 Å². The molecule has 3 aromatic rings. The van der Waals surface area contributed by atoms with Crippen LogP contribution in [0.1, 0.15) is 5.56 Å². The highest BCUT2D eigenvalue weighted by atomic mass is 19.1. The second-order valence-electron chi connectivity index (χ2n) is 4.64. The van der Waals surface area contributed by atoms with Gasteiger partial charge < -0.3 is 10.6 Å². The molecule has 0 aliphatic heterocycles. The highest BCUT2D eigenvalue weighted by Crippen LogP contribution is 2.13. The molecule has 2 aromatic carbocycles. The van der Waals surface area contributed by atoms with E-state index < -0.39 is 0 Å². The van der Waals surface area contributed by atoms with E-state index in [2.05, 4.69) is 25.8 Å². The van der Waals surface area contributed by atoms with Gasteiger partial charge in [0.05, 0.1) is 6.20 Å². The van der Waals surface area contributed by atoms with Crippen LogP contribution in [-0.2, 0) is 6.54 Å². The van der Waals surface area contributed by atoms with Crippen LogP contribution < -0.4 is 10.6 Å². The molecule has 2 N–H and O–H groups in total. The predicted octanol–water partition coefficient (Wildman–Crippen LogP) is 3.37. The van der Waals surface area contributed by atoms with Gasteiger partial charge in [-0.15, -0.1) is 5.10 Å². The molecule has 0 aliphatic carbocycles. The summed E-state index contributed by atoms with van der Waals surface area (Å²) in [5.74, 6) is 0.754. The van der Waals surface area contributed by atoms with Crippen molar-refractivity contribution < 1.29 is 4.39 Å². The van der Waals surface area contributed by atoms with E-state index in [0.717, 1.165) is 11.3 Å². The van der Waals surface area contributed by atoms with E-state index in [0.29, 0.717) is 18.3 Å². The monoisotopic (exact) mass is 295 g/mol. The molecule has 0 unspecified atom stereocenters. The molecule has 6 heteroatoms. The molecule has 0 saturated carbocycles. The Bertz CT molecular complexity index is 731. The Kier molecular flexibility index (Phi) is 4.20. The average molecular weight is 295 g/mol. The Morgan fingerprint density at radius 2 is 1.73 bits per heavy atom. The SMILES string of the molecule is Fc1ccc(CNc2nncc(Nc3ccccc3)n2)cc1. The lowest BCUT2D eigenvalue weighted by Gasteiger charge is -2.07. The van der Waals surface area contributed by atoms with Gasteiger partial charge in [0.1, 0.15) is 5.82 Å². The minimum absolute atomic E-state index is 0.254. The maximum atomic E-state index is 12.8. The average Bonchev–Trinajstić information content (AvgIpc) is 2.56. The summed E-state index contributed by atoms with van der Waals surface area (Å²) in [6.07, 6.45) is 1.55. The molecule has 0 aliphatic rings. The molecule has 0 bridgehead atoms. The molecule has 0 spiro atoms. The molecule has 0 fully saturated rings. The lowest BCUT2D eigenvalue weighted by atomic mass is 10.2. The van der Waals surface area contributed by atoms with E-state index in [-0.39, 0.29) is 5.82 Å². The van der Waals surface area contributed by atoms with Gasteiger partial charge in [0.15, 0.2) is 5.82 Å². The maximum absolute atomic E-state index is 12.8. The fourth-order valence-electron chi connectivity index (χ4n) is 1.89. The quantitative estimate of drug-likeness (QED) is 0.755. The summed E-state index contributed by atoms with van der Waals surface area (Å²) in [4.78, 5) is 4.33. The molecule has 110 valence electrons. The fraction of sp³-hybridized carbons (Fsp3) is 0.0625. The van der Waals surface area contributed by atoms with Gasteiger partial charge in [0.2, 0.25) is 5.95 Å². The van der Waals surface area contributed by atoms with Crippen LogP contribution >= 0.6 is 0 Å². The van der Waals surface area contributed by atoms with Gasteiger partial charge >= 0.3 is 0 Å². The molecule has 0 saturated heterocycles. The lowest BCUT2D eigenvalue weighted by molar-refractivity contribution is 0.627. The van der Waals surface area contributed by atoms with Crippen LogP contribution in [0.5, 0.6) is 0 Å². The van der Waals surface area contributed by atoms with Crippen LogP contribution in [0.15, 0.2) is 60.8 Å². The van der Waals surface area contributed by atoms with E-state index in [9.17, 15) is 4.39 Å². The number of benzene rings is 2. The zero-order valence-electron chi connectivity index (χ0n) is 11.7. The smallest absolute Gasteiger partial charge is 0.244 e. The number of halogens is 1. The minimum Gasteiger partial charge on any atom is -0.349 e. The number of rotatable bonds is 5. The highest BCUT2D eigenvalue weighted by Gasteiger charge is 2.01. The number of anilines is 3. The van der Waals surface area contributed by atoms with Crippen molar-refractivity contribution in [1.82, 2.24) is 15.2 Å². The third kappa shape index (κ3) is 3.76. The molecule has 0 amide bonds. The standard InChI is InChI=1S/C16H14FN5/c17-13-8-6-12(7-9-13)10-18-16-21-15(11-19-22-16)20-14-4-2-1-3-5-14/h1-9,11H,10H2,(H2,18,20,21,22). The number of nitrogens with zero attached hydrogens (tertiary/aromatic N) is 3. The van der Waals surface area contributed by atoms with Crippen molar-refractivity contribution in [2.75, 3.05) is 10.6 Å². The Hall–Kier alpha value is -3.02. The van der Waals surface area contributed by atoms with Crippen molar-refractivity contribution in [2.45, 2.75) is 6.54 Å². The van der Waals surface area contributed by atoms with E-state index in [1.807, 2.05) is 30.3 Å². The van der Waals surface area contributed by atoms with Crippen molar-refractivity contribution in [1.29, 1.82) is 0 Å². The highest BCUT2D eigenvalue weighted by molar-refractivity contribution is 5.55. The fourth-order valence-corrected chi connectivity index (χ4v) is 1.89. The predicted molar refractivity (Wildman–Crippen MR) is 83.3 cm³/mol. The van der Waals surface area contributed by atoms with E-state index in [1.54, 1.807) is 18.3 Å². The van der Waals surface area contributed by atoms with Gasteiger partial charge in [-0.2, -0.15) is 10.1 Å². The van der Waals surface area contributed by atoms with Crippen LogP contribution in [0.3, 0.4) is 0 Å². The summed E-state index contributed by atoms with van der Waals surface area (Å²) in [5, 5.41) is 14.0. The van der Waals surface area contributed by atoms with Crippen molar-refractivity contribution in [3.8, 4) is 0 Å². The number of hydrogen-bond donors (Lipinski definition) is 2. The second kappa shape index (κ2) is 6.62. The molecule has 3 rings (SSSR count). The van der Waals surface area contributed by atoms with E-state index in [1.165, 1.54) is 12.1 Å². The van der Waals surface area contributed by atoms with Gasteiger partial charge in [-0.1, -0.05) is 30.3 Å². The third-order valence-electron chi connectivity index (χ3n) is 2.97. The normalized spacial score (nSPS) is 10.2. The largest absolute Gasteiger partial charge is 0.349 e. The van der Waals surface area contributed by atoms with Crippen LogP contribution in [0, 0.1) is 5.82 Å². The summed E-state index contributed by atoms with van der Waals surface area (Å²) in [7, 11) is 0. The first-order valence-electron chi connectivity index (χ1n) is 6.80. The van der Waals surface area contributed by atoms with Gasteiger partial charge in [0, 0.05) is 12.2 Å². The summed E-state index contributed by atoms with van der Waals surface area (Å²) in [5.41, 5.74) is 1.86. The first-order chi connectivity index (χ1) is 10.8. The van der Waals surface area contributed by atoms with Crippen molar-refractivity contribution in [3.63, 3.8) is 0 Å². The summed E-state index contributed by atoms with van der Waals surface area (Å²) >= 11 is 0. The number of nitrogens with one attached hydrogen (secondary N) is 2. The van der Waals surface area contributed by atoms with Crippen LogP contribution in [0.4, 0.5) is 21.8 Å². The van der Waals surface area contributed by atoms with Crippen LogP contribution in [-0.4, -0.2) is 15.2 Å². The van der Waals surface area contributed by atoms with Crippen molar-refractivity contribution >= 4 is 17.5 Å². The zero-order chi connectivity index (χ0) is 15.2. The number of aromatic nitrogens is 3. The lowest BCUT2D eigenvalue weighted by Crippen LogP contribution is -2.06. The molecule has 0 atom stereocenters. The first kappa shape index (κ1) is 13.9. The van der Waals surface area contributed by atoms with Crippen molar-refractivity contribution in [3.05, 3.63) is 72.2 Å². The molecule has 22 heavy (non-hydrogen) atoms. The van der Waals surface area contributed by atoms with Crippen LogP contribution in [0.2, 0.25) is 0 Å². The summed E-state index contributed by atoms with van der Waals surface area (Å²) in [6.45, 7) is 0.497. The Morgan fingerprint density at radius 1 is 0.955 bits per heavy atom. The third-order valence-corrected chi connectivity index (χ3v) is 2.97. The Morgan fingerprint density at radius 3 is 2.50 bits per heavy atom. The molecule has 1 aromatic heterocycles.